The van der Waals surface area contributed by atoms with Crippen LogP contribution in [0, 0.1) is 5.82 Å². The number of benzene rings is 1. The van der Waals surface area contributed by atoms with Crippen molar-refractivity contribution in [1.82, 2.24) is 5.32 Å². The maximum Gasteiger partial charge on any atom is 0.419 e. The first-order valence-electron chi connectivity index (χ1n) is 6.17. The van der Waals surface area contributed by atoms with Gasteiger partial charge in [-0.2, -0.15) is 13.2 Å². The van der Waals surface area contributed by atoms with Crippen LogP contribution in [0.25, 0.3) is 0 Å². The Morgan fingerprint density at radius 1 is 1.35 bits per heavy atom. The molecule has 7 heteroatoms. The lowest BCUT2D eigenvalue weighted by Gasteiger charge is -2.41. The molecule has 3 N–H and O–H groups in total. The van der Waals surface area contributed by atoms with Gasteiger partial charge in [0, 0.05) is 6.54 Å². The molecule has 1 aliphatic carbocycles. The maximum absolute atomic E-state index is 13.8. The number of rotatable bonds is 3. The van der Waals surface area contributed by atoms with Crippen LogP contribution in [0.1, 0.15) is 35.2 Å². The van der Waals surface area contributed by atoms with E-state index in [2.05, 4.69) is 5.32 Å². The summed E-state index contributed by atoms with van der Waals surface area (Å²) in [6.45, 7) is 0.180. The summed E-state index contributed by atoms with van der Waals surface area (Å²) in [7, 11) is 0. The Balaban J connectivity index is 2.27. The molecule has 1 fully saturated rings. The first kappa shape index (κ1) is 14.8. The first-order chi connectivity index (χ1) is 9.29. The fraction of sp³-hybridized carbons (Fsp3) is 0.462. The number of carbonyl (C=O) groups excluding carboxylic acids is 1. The Labute approximate surface area is 113 Å². The molecule has 1 saturated carbocycles. The fourth-order valence-corrected chi connectivity index (χ4v) is 2.22. The van der Waals surface area contributed by atoms with Crippen LogP contribution < -0.4 is 11.1 Å². The highest BCUT2D eigenvalue weighted by atomic mass is 19.4. The lowest BCUT2D eigenvalue weighted by atomic mass is 9.76. The zero-order valence-corrected chi connectivity index (χ0v) is 10.6. The minimum atomic E-state index is -4.83. The third kappa shape index (κ3) is 2.63. The van der Waals surface area contributed by atoms with Crippen LogP contribution in [0.2, 0.25) is 0 Å². The molecule has 110 valence electrons. The van der Waals surface area contributed by atoms with E-state index >= 15 is 0 Å². The Hall–Kier alpha value is -1.63. The van der Waals surface area contributed by atoms with Crippen LogP contribution in [0.3, 0.4) is 0 Å². The molecule has 2 rings (SSSR count). The van der Waals surface area contributed by atoms with Gasteiger partial charge in [-0.1, -0.05) is 6.07 Å². The minimum Gasteiger partial charge on any atom is -0.345 e. The van der Waals surface area contributed by atoms with Crippen LogP contribution in [-0.4, -0.2) is 18.0 Å². The van der Waals surface area contributed by atoms with Gasteiger partial charge >= 0.3 is 6.18 Å². The fourth-order valence-electron chi connectivity index (χ4n) is 2.22. The van der Waals surface area contributed by atoms with Crippen molar-refractivity contribution in [3.05, 3.63) is 35.1 Å². The third-order valence-electron chi connectivity index (χ3n) is 3.63. The smallest absolute Gasteiger partial charge is 0.345 e. The van der Waals surface area contributed by atoms with Crippen LogP contribution in [0.4, 0.5) is 17.6 Å². The molecule has 0 spiro atoms. The second-order valence-corrected chi connectivity index (χ2v) is 4.96. The average molecular weight is 290 g/mol. The molecule has 0 unspecified atom stereocenters. The molecule has 0 aliphatic heterocycles. The van der Waals surface area contributed by atoms with E-state index in [-0.39, 0.29) is 6.54 Å². The molecule has 1 aromatic rings. The van der Waals surface area contributed by atoms with Crippen molar-refractivity contribution in [3.8, 4) is 0 Å². The summed E-state index contributed by atoms with van der Waals surface area (Å²) in [5.41, 5.74) is 2.88. The summed E-state index contributed by atoms with van der Waals surface area (Å²) >= 11 is 0. The van der Waals surface area contributed by atoms with Crippen molar-refractivity contribution in [3.63, 3.8) is 0 Å². The van der Waals surface area contributed by atoms with Crippen LogP contribution in [0.5, 0.6) is 0 Å². The maximum atomic E-state index is 13.8. The number of nitrogens with two attached hydrogens (primary N) is 1. The summed E-state index contributed by atoms with van der Waals surface area (Å²) in [4.78, 5) is 11.9. The molecule has 0 bridgehead atoms. The predicted octanol–water partition coefficient (Wildman–Crippen LogP) is 2.46. The monoisotopic (exact) mass is 290 g/mol. The lowest BCUT2D eigenvalue weighted by molar-refractivity contribution is -0.140. The highest BCUT2D eigenvalue weighted by Crippen LogP contribution is 2.34. The van der Waals surface area contributed by atoms with Crippen molar-refractivity contribution in [2.45, 2.75) is 31.0 Å². The van der Waals surface area contributed by atoms with E-state index in [1.807, 2.05) is 0 Å². The third-order valence-corrected chi connectivity index (χ3v) is 3.63. The van der Waals surface area contributed by atoms with Gasteiger partial charge in [0.1, 0.15) is 5.82 Å². The molecule has 1 aromatic carbocycles. The topological polar surface area (TPSA) is 55.1 Å². The van der Waals surface area contributed by atoms with E-state index in [4.69, 9.17) is 5.73 Å². The first-order valence-corrected chi connectivity index (χ1v) is 6.17. The number of alkyl halides is 3. The Bertz CT molecular complexity index is 518. The molecule has 0 radical (unpaired) electrons. The Morgan fingerprint density at radius 2 is 2.00 bits per heavy atom. The molecule has 0 atom stereocenters. The molecule has 3 nitrogen and oxygen atoms in total. The van der Waals surface area contributed by atoms with E-state index in [1.54, 1.807) is 0 Å². The second-order valence-electron chi connectivity index (χ2n) is 4.96. The number of hydrogen-bond donors (Lipinski definition) is 2. The molecule has 1 aliphatic rings. The van der Waals surface area contributed by atoms with Crippen molar-refractivity contribution in [2.24, 2.45) is 5.73 Å². The molecule has 0 aromatic heterocycles. The molecule has 20 heavy (non-hydrogen) atoms. The van der Waals surface area contributed by atoms with Gasteiger partial charge in [0.25, 0.3) is 5.91 Å². The summed E-state index contributed by atoms with van der Waals surface area (Å²) < 4.78 is 51.6. The summed E-state index contributed by atoms with van der Waals surface area (Å²) in [5, 5.41) is 2.54. The molecular formula is C13H14F4N2O. The van der Waals surface area contributed by atoms with Crippen molar-refractivity contribution < 1.29 is 22.4 Å². The highest BCUT2D eigenvalue weighted by molar-refractivity contribution is 5.95. The van der Waals surface area contributed by atoms with E-state index in [1.165, 1.54) is 0 Å². The predicted molar refractivity (Wildman–Crippen MR) is 64.5 cm³/mol. The van der Waals surface area contributed by atoms with E-state index in [0.29, 0.717) is 18.9 Å². The highest BCUT2D eigenvalue weighted by Gasteiger charge is 2.39. The van der Waals surface area contributed by atoms with E-state index < -0.39 is 34.6 Å². The summed E-state index contributed by atoms with van der Waals surface area (Å²) in [6, 6.07) is 2.65. The van der Waals surface area contributed by atoms with Gasteiger partial charge in [0.2, 0.25) is 0 Å². The number of carbonyl (C=O) groups is 1. The van der Waals surface area contributed by atoms with Gasteiger partial charge in [-0.05, 0) is 31.4 Å². The van der Waals surface area contributed by atoms with Gasteiger partial charge in [-0.3, -0.25) is 4.79 Å². The van der Waals surface area contributed by atoms with Crippen molar-refractivity contribution in [1.29, 1.82) is 0 Å². The Kier molecular flexibility index (Phi) is 3.73. The van der Waals surface area contributed by atoms with E-state index in [9.17, 15) is 22.4 Å². The van der Waals surface area contributed by atoms with Gasteiger partial charge in [0.05, 0.1) is 16.7 Å². The van der Waals surface area contributed by atoms with Crippen LogP contribution >= 0.6 is 0 Å². The lowest BCUT2D eigenvalue weighted by Crippen LogP contribution is -2.58. The van der Waals surface area contributed by atoms with Crippen molar-refractivity contribution in [2.75, 3.05) is 6.54 Å². The summed E-state index contributed by atoms with van der Waals surface area (Å²) in [6.07, 6.45) is -2.66. The van der Waals surface area contributed by atoms with Gasteiger partial charge in [0.15, 0.2) is 0 Å². The minimum absolute atomic E-state index is 0.180. The summed E-state index contributed by atoms with van der Waals surface area (Å²) in [5.74, 6) is -2.41. The standard InChI is InChI=1S/C13H14F4N2O/c14-10-8(3-1-4-9(10)13(15,16)17)11(20)19-12(7-18)5-2-6-12/h1,3-4H,2,5-7,18H2,(H,19,20). The zero-order valence-electron chi connectivity index (χ0n) is 10.6. The van der Waals surface area contributed by atoms with Gasteiger partial charge in [-0.15, -0.1) is 0 Å². The van der Waals surface area contributed by atoms with E-state index in [0.717, 1.165) is 18.6 Å². The molecule has 0 saturated heterocycles. The Morgan fingerprint density at radius 3 is 2.45 bits per heavy atom. The van der Waals surface area contributed by atoms with Gasteiger partial charge < -0.3 is 11.1 Å². The largest absolute Gasteiger partial charge is 0.419 e. The molecule has 1 amide bonds. The zero-order chi connectivity index (χ0) is 15.0. The number of hydrogen-bond acceptors (Lipinski definition) is 2. The van der Waals surface area contributed by atoms with Crippen LogP contribution in [-0.2, 0) is 6.18 Å². The molecule has 0 heterocycles. The quantitative estimate of drug-likeness (QED) is 0.840. The van der Waals surface area contributed by atoms with Crippen molar-refractivity contribution >= 4 is 5.91 Å². The molecular weight excluding hydrogens is 276 g/mol. The van der Waals surface area contributed by atoms with Crippen LogP contribution in [0.15, 0.2) is 18.2 Å². The normalized spacial score (nSPS) is 17.4. The van der Waals surface area contributed by atoms with Gasteiger partial charge in [-0.25, -0.2) is 4.39 Å². The SMILES string of the molecule is NCC1(NC(=O)c2cccc(C(F)(F)F)c2F)CCC1. The number of amides is 1. The number of halogens is 4. The second kappa shape index (κ2) is 5.05. The number of nitrogens with one attached hydrogen (secondary N) is 1. The average Bonchev–Trinajstić information content (AvgIpc) is 2.32.